The number of benzene rings is 3. The second-order valence-corrected chi connectivity index (χ2v) is 8.24. The summed E-state index contributed by atoms with van der Waals surface area (Å²) in [5.41, 5.74) is -3.15. The molecule has 3 aromatic carbocycles. The minimum absolute atomic E-state index is 0.190. The summed E-state index contributed by atoms with van der Waals surface area (Å²) < 4.78 is 61.0. The number of halogens is 4. The highest BCUT2D eigenvalue weighted by molar-refractivity contribution is 5.86. The van der Waals surface area contributed by atoms with Crippen LogP contribution in [0.2, 0.25) is 0 Å². The van der Waals surface area contributed by atoms with E-state index >= 15 is 0 Å². The lowest BCUT2D eigenvalue weighted by atomic mass is 9.85. The molecule has 2 heterocycles. The van der Waals surface area contributed by atoms with Crippen LogP contribution >= 0.6 is 0 Å². The van der Waals surface area contributed by atoms with E-state index in [-0.39, 0.29) is 16.5 Å². The Labute approximate surface area is 190 Å². The van der Waals surface area contributed by atoms with Crippen LogP contribution in [0, 0.1) is 5.82 Å². The van der Waals surface area contributed by atoms with Crippen molar-refractivity contribution in [1.82, 2.24) is 13.7 Å². The van der Waals surface area contributed by atoms with Crippen molar-refractivity contribution >= 4 is 21.9 Å². The number of rotatable bonds is 3. The minimum atomic E-state index is -5.05. The molecule has 0 aliphatic heterocycles. The van der Waals surface area contributed by atoms with Crippen molar-refractivity contribution in [3.05, 3.63) is 100 Å². The van der Waals surface area contributed by atoms with Gasteiger partial charge < -0.3 is 9.67 Å². The number of aryl methyl sites for hydroxylation is 2. The molecule has 1 unspecified atom stereocenters. The van der Waals surface area contributed by atoms with Gasteiger partial charge in [0.1, 0.15) is 5.82 Å². The maximum atomic E-state index is 14.5. The molecule has 34 heavy (non-hydrogen) atoms. The average Bonchev–Trinajstić information content (AvgIpc) is 3.27. The fourth-order valence-electron chi connectivity index (χ4n) is 4.50. The van der Waals surface area contributed by atoms with Crippen LogP contribution in [0.25, 0.3) is 27.6 Å². The number of para-hydroxylation sites is 1. The van der Waals surface area contributed by atoms with Crippen LogP contribution in [0.15, 0.2) is 77.7 Å². The second kappa shape index (κ2) is 7.33. The summed E-state index contributed by atoms with van der Waals surface area (Å²) in [5.74, 6) is -0.482. The zero-order valence-electron chi connectivity index (χ0n) is 18.1. The third kappa shape index (κ3) is 3.00. The first-order valence-corrected chi connectivity index (χ1v) is 10.4. The largest absolute Gasteiger partial charge is 0.425 e. The fourth-order valence-corrected chi connectivity index (χ4v) is 4.50. The van der Waals surface area contributed by atoms with E-state index < -0.39 is 28.8 Å². The lowest BCUT2D eigenvalue weighted by molar-refractivity contribution is -0.247. The molecule has 9 heteroatoms. The monoisotopic (exact) mass is 469 g/mol. The van der Waals surface area contributed by atoms with Crippen LogP contribution in [0.3, 0.4) is 0 Å². The molecule has 0 saturated carbocycles. The van der Waals surface area contributed by atoms with Gasteiger partial charge in [-0.15, -0.1) is 0 Å². The van der Waals surface area contributed by atoms with Gasteiger partial charge in [-0.3, -0.25) is 9.13 Å². The van der Waals surface area contributed by atoms with E-state index in [9.17, 15) is 27.5 Å². The van der Waals surface area contributed by atoms with Crippen molar-refractivity contribution in [2.24, 2.45) is 14.1 Å². The van der Waals surface area contributed by atoms with Gasteiger partial charge in [0.25, 0.3) is 0 Å². The lowest BCUT2D eigenvalue weighted by Gasteiger charge is -2.31. The third-order valence-corrected chi connectivity index (χ3v) is 6.26. The van der Waals surface area contributed by atoms with Gasteiger partial charge in [0.2, 0.25) is 5.60 Å². The molecule has 0 amide bonds. The molecule has 1 N–H and O–H groups in total. The number of fused-ring (bicyclic) bond motifs is 2. The first-order chi connectivity index (χ1) is 16.0. The molecule has 2 aromatic heterocycles. The van der Waals surface area contributed by atoms with E-state index in [1.54, 1.807) is 25.2 Å². The third-order valence-electron chi connectivity index (χ3n) is 6.26. The number of alkyl halides is 3. The molecule has 0 fully saturated rings. The number of nitrogens with zero attached hydrogens (tertiary/aromatic N) is 3. The molecule has 5 nitrogen and oxygen atoms in total. The molecule has 5 rings (SSSR count). The molecule has 0 spiro atoms. The van der Waals surface area contributed by atoms with Crippen LogP contribution in [-0.2, 0) is 19.7 Å². The SMILES string of the molecule is Cn1cc(C(O)(c2ccc3c(c2)n(C)c(=O)n3-c2ccc(F)cc2)C(F)(F)F)c2ccccc21. The number of aliphatic hydroxyl groups is 1. The van der Waals surface area contributed by atoms with Crippen LogP contribution < -0.4 is 5.69 Å². The Kier molecular flexibility index (Phi) is 4.73. The summed E-state index contributed by atoms with van der Waals surface area (Å²) in [4.78, 5) is 12.9. The van der Waals surface area contributed by atoms with E-state index in [1.165, 1.54) is 69.4 Å². The van der Waals surface area contributed by atoms with Crippen molar-refractivity contribution < 1.29 is 22.7 Å². The van der Waals surface area contributed by atoms with Gasteiger partial charge in [-0.2, -0.15) is 13.2 Å². The summed E-state index contributed by atoms with van der Waals surface area (Å²) in [6.07, 6.45) is -3.78. The molecular weight excluding hydrogens is 450 g/mol. The number of hydrogen-bond donors (Lipinski definition) is 1. The zero-order chi connectivity index (χ0) is 24.4. The Morgan fingerprint density at radius 3 is 2.21 bits per heavy atom. The molecule has 0 bridgehead atoms. The predicted molar refractivity (Wildman–Crippen MR) is 120 cm³/mol. The summed E-state index contributed by atoms with van der Waals surface area (Å²) in [6, 6.07) is 15.4. The molecule has 0 saturated heterocycles. The van der Waals surface area contributed by atoms with Crippen molar-refractivity contribution in [2.75, 3.05) is 0 Å². The van der Waals surface area contributed by atoms with Crippen molar-refractivity contribution in [3.8, 4) is 5.69 Å². The highest BCUT2D eigenvalue weighted by atomic mass is 19.4. The van der Waals surface area contributed by atoms with E-state index in [0.29, 0.717) is 16.7 Å². The highest BCUT2D eigenvalue weighted by Gasteiger charge is 2.57. The van der Waals surface area contributed by atoms with Crippen LogP contribution in [-0.4, -0.2) is 25.0 Å². The number of aromatic nitrogens is 3. The average molecular weight is 469 g/mol. The maximum Gasteiger partial charge on any atom is 0.425 e. The van der Waals surface area contributed by atoms with Crippen LogP contribution in [0.5, 0.6) is 0 Å². The minimum Gasteiger partial charge on any atom is -0.372 e. The standard InChI is InChI=1S/C25H19F4N3O2/c1-30-14-19(18-5-3-4-6-20(18)30)24(34,25(27,28)29)15-7-12-21-22(13-15)31(2)23(33)32(21)17-10-8-16(26)9-11-17/h3-14,34H,1-2H3. The van der Waals surface area contributed by atoms with Gasteiger partial charge in [-0.25, -0.2) is 9.18 Å². The highest BCUT2D eigenvalue weighted by Crippen LogP contribution is 2.47. The topological polar surface area (TPSA) is 52.1 Å². The van der Waals surface area contributed by atoms with E-state index in [0.717, 1.165) is 6.07 Å². The molecule has 0 radical (unpaired) electrons. The summed E-state index contributed by atoms with van der Waals surface area (Å²) in [5, 5.41) is 11.6. The summed E-state index contributed by atoms with van der Waals surface area (Å²) in [7, 11) is 3.04. The number of imidazole rings is 1. The predicted octanol–water partition coefficient (Wildman–Crippen LogP) is 4.76. The van der Waals surface area contributed by atoms with Crippen molar-refractivity contribution in [3.63, 3.8) is 0 Å². The maximum absolute atomic E-state index is 14.5. The molecule has 0 aliphatic rings. The first-order valence-electron chi connectivity index (χ1n) is 10.4. The van der Waals surface area contributed by atoms with Gasteiger partial charge >= 0.3 is 11.9 Å². The van der Waals surface area contributed by atoms with Gasteiger partial charge in [0, 0.05) is 36.8 Å². The lowest BCUT2D eigenvalue weighted by Crippen LogP contribution is -2.43. The van der Waals surface area contributed by atoms with Gasteiger partial charge in [-0.05, 0) is 48.0 Å². The Bertz CT molecular complexity index is 1610. The van der Waals surface area contributed by atoms with E-state index in [4.69, 9.17) is 0 Å². The second-order valence-electron chi connectivity index (χ2n) is 8.24. The molecule has 0 aliphatic carbocycles. The Balaban J connectivity index is 1.79. The molecule has 5 aromatic rings. The van der Waals surface area contributed by atoms with Gasteiger partial charge in [0.15, 0.2) is 0 Å². The normalized spacial score (nSPS) is 14.1. The van der Waals surface area contributed by atoms with Gasteiger partial charge in [0.05, 0.1) is 16.7 Å². The summed E-state index contributed by atoms with van der Waals surface area (Å²) in [6.45, 7) is 0. The Morgan fingerprint density at radius 2 is 1.53 bits per heavy atom. The molecular formula is C25H19F4N3O2. The van der Waals surface area contributed by atoms with Gasteiger partial charge in [-0.1, -0.05) is 24.3 Å². The molecule has 1 atom stereocenters. The smallest absolute Gasteiger partial charge is 0.372 e. The molecule has 174 valence electrons. The number of hydrogen-bond acceptors (Lipinski definition) is 2. The van der Waals surface area contributed by atoms with Crippen LogP contribution in [0.4, 0.5) is 17.6 Å². The van der Waals surface area contributed by atoms with Crippen molar-refractivity contribution in [1.29, 1.82) is 0 Å². The van der Waals surface area contributed by atoms with Crippen LogP contribution in [0.1, 0.15) is 11.1 Å². The van der Waals surface area contributed by atoms with Crippen molar-refractivity contribution in [2.45, 2.75) is 11.8 Å². The Morgan fingerprint density at radius 1 is 0.853 bits per heavy atom. The fraction of sp³-hybridized carbons (Fsp3) is 0.160. The Hall–Kier alpha value is -3.85. The quantitative estimate of drug-likeness (QED) is 0.388. The zero-order valence-corrected chi connectivity index (χ0v) is 18.1. The summed E-state index contributed by atoms with van der Waals surface area (Å²) >= 11 is 0. The van der Waals surface area contributed by atoms with E-state index in [1.807, 2.05) is 0 Å². The first kappa shape index (κ1) is 22.0. The van der Waals surface area contributed by atoms with E-state index in [2.05, 4.69) is 0 Å².